The Morgan fingerprint density at radius 2 is 1.82 bits per heavy atom. The van der Waals surface area contributed by atoms with Crippen LogP contribution in [-0.4, -0.2) is 37.9 Å². The molecule has 0 fully saturated rings. The van der Waals surface area contributed by atoms with Crippen molar-refractivity contribution in [3.63, 3.8) is 0 Å². The maximum atomic E-state index is 11.6. The molecule has 0 aliphatic carbocycles. The van der Waals surface area contributed by atoms with Crippen LogP contribution >= 0.6 is 0 Å². The summed E-state index contributed by atoms with van der Waals surface area (Å²) in [5, 5.41) is 2.67. The average molecular weight is 264 g/mol. The van der Waals surface area contributed by atoms with Gasteiger partial charge in [-0.15, -0.1) is 0 Å². The molecule has 0 aromatic heterocycles. The lowest BCUT2D eigenvalue weighted by Gasteiger charge is -2.17. The van der Waals surface area contributed by atoms with Crippen molar-refractivity contribution < 1.29 is 13.2 Å². The normalized spacial score (nSPS) is 15.6. The zero-order chi connectivity index (χ0) is 13.6. The SMILES string of the molecule is CCC(N)CS(=O)(=O)CC(=O)NC(C)C(C)C. The van der Waals surface area contributed by atoms with Gasteiger partial charge in [0.1, 0.15) is 5.75 Å². The Kier molecular flexibility index (Phi) is 6.70. The molecule has 102 valence electrons. The Morgan fingerprint density at radius 3 is 2.24 bits per heavy atom. The van der Waals surface area contributed by atoms with Gasteiger partial charge in [-0.05, 0) is 19.3 Å². The van der Waals surface area contributed by atoms with Crippen LogP contribution in [0, 0.1) is 5.92 Å². The van der Waals surface area contributed by atoms with E-state index < -0.39 is 27.5 Å². The molecular formula is C11H24N2O3S. The number of carbonyl (C=O) groups is 1. The van der Waals surface area contributed by atoms with Gasteiger partial charge in [-0.2, -0.15) is 0 Å². The molecule has 0 aromatic rings. The molecular weight excluding hydrogens is 240 g/mol. The number of rotatable bonds is 7. The largest absolute Gasteiger partial charge is 0.353 e. The molecule has 0 spiro atoms. The summed E-state index contributed by atoms with van der Waals surface area (Å²) in [6.07, 6.45) is 0.587. The van der Waals surface area contributed by atoms with Gasteiger partial charge in [0.25, 0.3) is 0 Å². The maximum absolute atomic E-state index is 11.6. The van der Waals surface area contributed by atoms with E-state index in [9.17, 15) is 13.2 Å². The van der Waals surface area contributed by atoms with Crippen LogP contribution in [0.25, 0.3) is 0 Å². The molecule has 3 N–H and O–H groups in total. The van der Waals surface area contributed by atoms with E-state index in [1.165, 1.54) is 0 Å². The predicted molar refractivity (Wildman–Crippen MR) is 69.4 cm³/mol. The number of amides is 1. The smallest absolute Gasteiger partial charge is 0.235 e. The number of carbonyl (C=O) groups excluding carboxylic acids is 1. The third-order valence-corrected chi connectivity index (χ3v) is 4.37. The summed E-state index contributed by atoms with van der Waals surface area (Å²) in [4.78, 5) is 11.5. The quantitative estimate of drug-likeness (QED) is 0.692. The fourth-order valence-electron chi connectivity index (χ4n) is 1.16. The van der Waals surface area contributed by atoms with Crippen LogP contribution < -0.4 is 11.1 Å². The van der Waals surface area contributed by atoms with Crippen molar-refractivity contribution in [2.24, 2.45) is 11.7 Å². The summed E-state index contributed by atoms with van der Waals surface area (Å²) in [6, 6.07) is -0.423. The topological polar surface area (TPSA) is 89.3 Å². The molecule has 0 rings (SSSR count). The van der Waals surface area contributed by atoms with Crippen molar-refractivity contribution >= 4 is 15.7 Å². The van der Waals surface area contributed by atoms with E-state index in [1.807, 2.05) is 27.7 Å². The highest BCUT2D eigenvalue weighted by Gasteiger charge is 2.21. The van der Waals surface area contributed by atoms with Crippen molar-refractivity contribution in [3.05, 3.63) is 0 Å². The number of hydrogen-bond donors (Lipinski definition) is 2. The van der Waals surface area contributed by atoms with E-state index in [0.29, 0.717) is 6.42 Å². The third kappa shape index (κ3) is 7.33. The van der Waals surface area contributed by atoms with Gasteiger partial charge in [0.05, 0.1) is 5.75 Å². The minimum absolute atomic E-state index is 0.0300. The number of nitrogens with two attached hydrogens (primary N) is 1. The summed E-state index contributed by atoms with van der Waals surface area (Å²) >= 11 is 0. The number of nitrogens with one attached hydrogen (secondary N) is 1. The minimum Gasteiger partial charge on any atom is -0.353 e. The van der Waals surface area contributed by atoms with Crippen LogP contribution in [0.1, 0.15) is 34.1 Å². The monoisotopic (exact) mass is 264 g/mol. The summed E-state index contributed by atoms with van der Waals surface area (Å²) < 4.78 is 23.2. The van der Waals surface area contributed by atoms with Gasteiger partial charge in [0.15, 0.2) is 9.84 Å². The van der Waals surface area contributed by atoms with Gasteiger partial charge in [0.2, 0.25) is 5.91 Å². The summed E-state index contributed by atoms with van der Waals surface area (Å²) in [7, 11) is -3.40. The fourth-order valence-corrected chi connectivity index (χ4v) is 2.65. The lowest BCUT2D eigenvalue weighted by atomic mass is 10.1. The Bertz CT molecular complexity index is 339. The van der Waals surface area contributed by atoms with E-state index in [0.717, 1.165) is 0 Å². The van der Waals surface area contributed by atoms with Crippen LogP contribution in [0.4, 0.5) is 0 Å². The summed E-state index contributed by atoms with van der Waals surface area (Å²) in [5.74, 6) is -0.779. The number of sulfone groups is 1. The Labute approximate surface area is 104 Å². The first-order valence-electron chi connectivity index (χ1n) is 5.93. The first-order chi connectivity index (χ1) is 7.68. The lowest BCUT2D eigenvalue weighted by Crippen LogP contribution is -2.41. The molecule has 5 nitrogen and oxygen atoms in total. The van der Waals surface area contributed by atoms with Crippen molar-refractivity contribution in [1.82, 2.24) is 5.32 Å². The second-order valence-electron chi connectivity index (χ2n) is 4.82. The molecule has 1 amide bonds. The van der Waals surface area contributed by atoms with Gasteiger partial charge in [-0.3, -0.25) is 4.79 Å². The van der Waals surface area contributed by atoms with E-state index in [-0.39, 0.29) is 17.7 Å². The Hall–Kier alpha value is -0.620. The van der Waals surface area contributed by atoms with Crippen molar-refractivity contribution in [2.45, 2.75) is 46.2 Å². The zero-order valence-electron chi connectivity index (χ0n) is 11.1. The van der Waals surface area contributed by atoms with Crippen molar-refractivity contribution in [1.29, 1.82) is 0 Å². The first-order valence-corrected chi connectivity index (χ1v) is 7.75. The summed E-state index contributed by atoms with van der Waals surface area (Å²) in [6.45, 7) is 7.60. The van der Waals surface area contributed by atoms with Crippen molar-refractivity contribution in [2.75, 3.05) is 11.5 Å². The molecule has 0 bridgehead atoms. The second kappa shape index (κ2) is 6.96. The minimum atomic E-state index is -3.40. The predicted octanol–water partition coefficient (Wildman–Crippen LogP) is 0.299. The van der Waals surface area contributed by atoms with Gasteiger partial charge < -0.3 is 11.1 Å². The molecule has 0 saturated heterocycles. The molecule has 2 unspecified atom stereocenters. The highest BCUT2D eigenvalue weighted by Crippen LogP contribution is 2.01. The van der Waals surface area contributed by atoms with E-state index in [2.05, 4.69) is 5.32 Å². The lowest BCUT2D eigenvalue weighted by molar-refractivity contribution is -0.119. The van der Waals surface area contributed by atoms with Crippen molar-refractivity contribution in [3.8, 4) is 0 Å². The van der Waals surface area contributed by atoms with Crippen LogP contribution in [0.5, 0.6) is 0 Å². The van der Waals surface area contributed by atoms with Gasteiger partial charge in [0, 0.05) is 12.1 Å². The maximum Gasteiger partial charge on any atom is 0.235 e. The molecule has 0 radical (unpaired) electrons. The molecule has 2 atom stereocenters. The van der Waals surface area contributed by atoms with E-state index >= 15 is 0 Å². The highest BCUT2D eigenvalue weighted by atomic mass is 32.2. The van der Waals surface area contributed by atoms with Gasteiger partial charge in [-0.1, -0.05) is 20.8 Å². The molecule has 0 heterocycles. The Balaban J connectivity index is 4.28. The zero-order valence-corrected chi connectivity index (χ0v) is 11.9. The average Bonchev–Trinajstić information content (AvgIpc) is 2.15. The van der Waals surface area contributed by atoms with E-state index in [1.54, 1.807) is 0 Å². The van der Waals surface area contributed by atoms with Gasteiger partial charge >= 0.3 is 0 Å². The molecule has 0 aromatic carbocycles. The third-order valence-electron chi connectivity index (χ3n) is 2.73. The second-order valence-corrected chi connectivity index (χ2v) is 6.93. The Morgan fingerprint density at radius 1 is 1.29 bits per heavy atom. The highest BCUT2D eigenvalue weighted by molar-refractivity contribution is 7.92. The van der Waals surface area contributed by atoms with Crippen LogP contribution in [-0.2, 0) is 14.6 Å². The van der Waals surface area contributed by atoms with Crippen LogP contribution in [0.15, 0.2) is 0 Å². The fraction of sp³-hybridized carbons (Fsp3) is 0.909. The van der Waals surface area contributed by atoms with Gasteiger partial charge in [-0.25, -0.2) is 8.42 Å². The molecule has 0 aliphatic rings. The van der Waals surface area contributed by atoms with Crippen LogP contribution in [0.3, 0.4) is 0 Å². The molecule has 17 heavy (non-hydrogen) atoms. The molecule has 0 saturated carbocycles. The molecule has 6 heteroatoms. The van der Waals surface area contributed by atoms with E-state index in [4.69, 9.17) is 5.73 Å². The number of hydrogen-bond acceptors (Lipinski definition) is 4. The standard InChI is InChI=1S/C11H24N2O3S/c1-5-10(12)6-17(15,16)7-11(14)13-9(4)8(2)3/h8-10H,5-7,12H2,1-4H3,(H,13,14). The summed E-state index contributed by atoms with van der Waals surface area (Å²) in [5.41, 5.74) is 5.57. The van der Waals surface area contributed by atoms with Crippen LogP contribution in [0.2, 0.25) is 0 Å². The molecule has 0 aliphatic heterocycles. The first kappa shape index (κ1) is 16.4.